The zero-order valence-electron chi connectivity index (χ0n) is 12.2. The third kappa shape index (κ3) is 2.42. The normalized spacial score (nSPS) is 35.2. The van der Waals surface area contributed by atoms with Crippen LogP contribution in [0.4, 0.5) is 0 Å². The number of ether oxygens (including phenoxy) is 1. The van der Waals surface area contributed by atoms with Crippen molar-refractivity contribution in [2.75, 3.05) is 7.11 Å². The van der Waals surface area contributed by atoms with Crippen LogP contribution in [0.25, 0.3) is 0 Å². The number of fused-ring (bicyclic) bond motifs is 2. The van der Waals surface area contributed by atoms with Gasteiger partial charge >= 0.3 is 0 Å². The standard InChI is InChI=1S/C15H27NO2/c1-5-15(3,18-4)14(17)16-10(2)13-9-11-6-7-12(13)8-11/h10-13H,5-9H2,1-4H3,(H,16,17). The summed E-state index contributed by atoms with van der Waals surface area (Å²) in [6.07, 6.45) is 6.18. The highest BCUT2D eigenvalue weighted by molar-refractivity contribution is 5.84. The summed E-state index contributed by atoms with van der Waals surface area (Å²) in [7, 11) is 1.62. The highest BCUT2D eigenvalue weighted by Crippen LogP contribution is 2.49. The molecule has 2 aliphatic carbocycles. The summed E-state index contributed by atoms with van der Waals surface area (Å²) in [5.74, 6) is 2.51. The minimum absolute atomic E-state index is 0.0442. The van der Waals surface area contributed by atoms with Crippen LogP contribution >= 0.6 is 0 Å². The first kappa shape index (κ1) is 13.9. The highest BCUT2D eigenvalue weighted by atomic mass is 16.5. The quantitative estimate of drug-likeness (QED) is 0.818. The van der Waals surface area contributed by atoms with Crippen molar-refractivity contribution >= 4 is 5.91 Å². The van der Waals surface area contributed by atoms with Crippen molar-refractivity contribution in [1.82, 2.24) is 5.32 Å². The van der Waals surface area contributed by atoms with Crippen LogP contribution < -0.4 is 5.32 Å². The van der Waals surface area contributed by atoms with Crippen molar-refractivity contribution in [3.05, 3.63) is 0 Å². The van der Waals surface area contributed by atoms with Crippen molar-refractivity contribution in [3.63, 3.8) is 0 Å². The lowest BCUT2D eigenvalue weighted by atomic mass is 9.83. The Labute approximate surface area is 111 Å². The molecule has 0 aromatic heterocycles. The Morgan fingerprint density at radius 3 is 2.61 bits per heavy atom. The van der Waals surface area contributed by atoms with Gasteiger partial charge in [-0.15, -0.1) is 0 Å². The van der Waals surface area contributed by atoms with Gasteiger partial charge < -0.3 is 10.1 Å². The second kappa shape index (κ2) is 5.20. The van der Waals surface area contributed by atoms with E-state index in [9.17, 15) is 4.79 Å². The average molecular weight is 253 g/mol. The number of carbonyl (C=O) groups excluding carboxylic acids is 1. The summed E-state index contributed by atoms with van der Waals surface area (Å²) in [5, 5.41) is 3.19. The van der Waals surface area contributed by atoms with Crippen molar-refractivity contribution in [3.8, 4) is 0 Å². The summed E-state index contributed by atoms with van der Waals surface area (Å²) in [5.41, 5.74) is -0.675. The van der Waals surface area contributed by atoms with Crippen LogP contribution in [0.2, 0.25) is 0 Å². The van der Waals surface area contributed by atoms with Crippen LogP contribution in [0.1, 0.15) is 52.9 Å². The second-order valence-electron chi connectivity index (χ2n) is 6.39. The molecule has 0 aromatic rings. The molecule has 0 heterocycles. The van der Waals surface area contributed by atoms with Gasteiger partial charge in [0.1, 0.15) is 5.60 Å². The largest absolute Gasteiger partial charge is 0.369 e. The van der Waals surface area contributed by atoms with Crippen molar-refractivity contribution in [2.45, 2.75) is 64.5 Å². The third-order valence-electron chi connectivity index (χ3n) is 5.40. The number of rotatable bonds is 5. The molecule has 3 nitrogen and oxygen atoms in total. The summed E-state index contributed by atoms with van der Waals surface area (Å²) in [6, 6.07) is 0.286. The molecule has 2 aliphatic rings. The first-order valence-corrected chi connectivity index (χ1v) is 7.36. The smallest absolute Gasteiger partial charge is 0.252 e. The van der Waals surface area contributed by atoms with Gasteiger partial charge in [-0.1, -0.05) is 13.3 Å². The highest BCUT2D eigenvalue weighted by Gasteiger charge is 2.43. The number of carbonyl (C=O) groups is 1. The van der Waals surface area contributed by atoms with Gasteiger partial charge in [-0.2, -0.15) is 0 Å². The van der Waals surface area contributed by atoms with E-state index in [1.165, 1.54) is 25.7 Å². The molecule has 2 fully saturated rings. The molecule has 5 atom stereocenters. The Bertz CT molecular complexity index is 312. The molecule has 1 N–H and O–H groups in total. The monoisotopic (exact) mass is 253 g/mol. The van der Waals surface area contributed by atoms with Crippen LogP contribution in [0.5, 0.6) is 0 Å². The molecule has 0 spiro atoms. The average Bonchev–Trinajstić information content (AvgIpc) is 2.99. The van der Waals surface area contributed by atoms with Gasteiger partial charge in [-0.25, -0.2) is 0 Å². The Morgan fingerprint density at radius 1 is 1.44 bits per heavy atom. The first-order valence-electron chi connectivity index (χ1n) is 7.36. The van der Waals surface area contributed by atoms with Gasteiger partial charge in [0.05, 0.1) is 0 Å². The van der Waals surface area contributed by atoms with E-state index in [-0.39, 0.29) is 11.9 Å². The van der Waals surface area contributed by atoms with E-state index in [2.05, 4.69) is 12.2 Å². The van der Waals surface area contributed by atoms with Gasteiger partial charge in [-0.05, 0) is 57.3 Å². The Balaban J connectivity index is 1.91. The van der Waals surface area contributed by atoms with Gasteiger partial charge in [0.2, 0.25) is 0 Å². The van der Waals surface area contributed by atoms with E-state index in [1.807, 2.05) is 13.8 Å². The molecule has 0 aromatic carbocycles. The minimum Gasteiger partial charge on any atom is -0.369 e. The number of amides is 1. The van der Waals surface area contributed by atoms with Gasteiger partial charge in [0, 0.05) is 13.2 Å². The Hall–Kier alpha value is -0.570. The molecule has 2 rings (SSSR count). The fourth-order valence-electron chi connectivity index (χ4n) is 3.77. The molecule has 1 amide bonds. The molecule has 104 valence electrons. The first-order chi connectivity index (χ1) is 8.50. The van der Waals surface area contributed by atoms with E-state index in [0.717, 1.165) is 11.8 Å². The van der Waals surface area contributed by atoms with Crippen molar-refractivity contribution < 1.29 is 9.53 Å². The maximum absolute atomic E-state index is 12.3. The van der Waals surface area contributed by atoms with Gasteiger partial charge in [0.25, 0.3) is 5.91 Å². The maximum atomic E-state index is 12.3. The van der Waals surface area contributed by atoms with E-state index in [4.69, 9.17) is 4.74 Å². The number of hydrogen-bond donors (Lipinski definition) is 1. The molecule has 2 saturated carbocycles. The molecule has 3 heteroatoms. The van der Waals surface area contributed by atoms with Crippen LogP contribution in [0.3, 0.4) is 0 Å². The van der Waals surface area contributed by atoms with Gasteiger partial charge in [0.15, 0.2) is 0 Å². The molecule has 5 unspecified atom stereocenters. The Kier molecular flexibility index (Phi) is 4.00. The zero-order valence-corrected chi connectivity index (χ0v) is 12.2. The van der Waals surface area contributed by atoms with E-state index in [0.29, 0.717) is 12.3 Å². The lowest BCUT2D eigenvalue weighted by Gasteiger charge is -2.32. The molecule has 0 radical (unpaired) electrons. The van der Waals surface area contributed by atoms with Crippen LogP contribution in [0, 0.1) is 17.8 Å². The topological polar surface area (TPSA) is 38.3 Å². The molecule has 2 bridgehead atoms. The van der Waals surface area contributed by atoms with E-state index >= 15 is 0 Å². The fraction of sp³-hybridized carbons (Fsp3) is 0.933. The van der Waals surface area contributed by atoms with Crippen molar-refractivity contribution in [1.29, 1.82) is 0 Å². The van der Waals surface area contributed by atoms with E-state index in [1.54, 1.807) is 7.11 Å². The lowest BCUT2D eigenvalue weighted by molar-refractivity contribution is -0.143. The zero-order chi connectivity index (χ0) is 13.3. The molecule has 0 saturated heterocycles. The minimum atomic E-state index is -0.675. The predicted molar refractivity (Wildman–Crippen MR) is 72.2 cm³/mol. The Morgan fingerprint density at radius 2 is 2.17 bits per heavy atom. The van der Waals surface area contributed by atoms with Crippen LogP contribution in [-0.2, 0) is 9.53 Å². The summed E-state index contributed by atoms with van der Waals surface area (Å²) in [4.78, 5) is 12.3. The van der Waals surface area contributed by atoms with E-state index < -0.39 is 5.60 Å². The summed E-state index contributed by atoms with van der Waals surface area (Å²) < 4.78 is 5.36. The maximum Gasteiger partial charge on any atom is 0.252 e. The fourth-order valence-corrected chi connectivity index (χ4v) is 3.77. The second-order valence-corrected chi connectivity index (χ2v) is 6.39. The van der Waals surface area contributed by atoms with Gasteiger partial charge in [-0.3, -0.25) is 4.79 Å². The molecule has 18 heavy (non-hydrogen) atoms. The SMILES string of the molecule is CCC(C)(OC)C(=O)NC(C)C1CC2CCC1C2. The molecular weight excluding hydrogens is 226 g/mol. The summed E-state index contributed by atoms with van der Waals surface area (Å²) in [6.45, 7) is 6.02. The lowest BCUT2D eigenvalue weighted by Crippen LogP contribution is -2.51. The molecular formula is C15H27NO2. The van der Waals surface area contributed by atoms with Crippen molar-refractivity contribution in [2.24, 2.45) is 17.8 Å². The molecule has 0 aliphatic heterocycles. The van der Waals surface area contributed by atoms with Crippen LogP contribution in [-0.4, -0.2) is 24.7 Å². The summed E-state index contributed by atoms with van der Waals surface area (Å²) >= 11 is 0. The number of methoxy groups -OCH3 is 1. The number of hydrogen-bond acceptors (Lipinski definition) is 2. The predicted octanol–water partition coefficient (Wildman–Crippen LogP) is 2.74. The third-order valence-corrected chi connectivity index (χ3v) is 5.40. The number of nitrogens with one attached hydrogen (secondary N) is 1. The van der Waals surface area contributed by atoms with Crippen LogP contribution in [0.15, 0.2) is 0 Å².